The number of rotatable bonds is 4. The van der Waals surface area contributed by atoms with Crippen molar-refractivity contribution in [3.8, 4) is 0 Å². The Hall–Kier alpha value is -2.41. The maximum Gasteiger partial charge on any atom is 0.310 e. The molecule has 0 radical (unpaired) electrons. The summed E-state index contributed by atoms with van der Waals surface area (Å²) in [4.78, 5) is 37.5. The van der Waals surface area contributed by atoms with Crippen LogP contribution in [0.1, 0.15) is 25.5 Å². The molecule has 118 valence electrons. The van der Waals surface area contributed by atoms with Gasteiger partial charge in [-0.2, -0.15) is 0 Å². The average Bonchev–Trinajstić information content (AvgIpc) is 2.77. The number of anilines is 1. The second kappa shape index (κ2) is 6.57. The maximum atomic E-state index is 12.5. The summed E-state index contributed by atoms with van der Waals surface area (Å²) in [7, 11) is 0. The van der Waals surface area contributed by atoms with Gasteiger partial charge in [0.25, 0.3) is 5.91 Å². The maximum absolute atomic E-state index is 12.5. The Morgan fingerprint density at radius 1 is 1.27 bits per heavy atom. The highest BCUT2D eigenvalue weighted by Gasteiger charge is 2.39. The first-order valence-corrected chi connectivity index (χ1v) is 7.09. The third-order valence-electron chi connectivity index (χ3n) is 3.39. The predicted molar refractivity (Wildman–Crippen MR) is 80.0 cm³/mol. The van der Waals surface area contributed by atoms with Crippen LogP contribution in [0.4, 0.5) is 5.69 Å². The number of fused-ring (bicyclic) bond motifs is 1. The number of para-hydroxylation sites is 1. The summed E-state index contributed by atoms with van der Waals surface area (Å²) < 4.78 is 0. The number of carbonyl (C=O) groups excluding carboxylic acids is 3. The molecule has 1 heterocycles. The fourth-order valence-corrected chi connectivity index (χ4v) is 2.46. The lowest BCUT2D eigenvalue weighted by atomic mass is 10.1. The molecule has 7 heteroatoms. The zero-order valence-corrected chi connectivity index (χ0v) is 12.5. The van der Waals surface area contributed by atoms with Crippen molar-refractivity contribution in [2.45, 2.75) is 25.9 Å². The molecule has 3 N–H and O–H groups in total. The van der Waals surface area contributed by atoms with Crippen LogP contribution in [0.15, 0.2) is 24.3 Å². The van der Waals surface area contributed by atoms with Crippen molar-refractivity contribution in [2.75, 3.05) is 18.1 Å². The van der Waals surface area contributed by atoms with Crippen LogP contribution in [0, 0.1) is 0 Å². The van der Waals surface area contributed by atoms with Crippen LogP contribution < -0.4 is 15.5 Å². The van der Waals surface area contributed by atoms with E-state index in [-0.39, 0.29) is 25.1 Å². The molecule has 0 saturated heterocycles. The molecule has 1 unspecified atom stereocenters. The minimum atomic E-state index is -0.896. The van der Waals surface area contributed by atoms with Crippen molar-refractivity contribution in [3.05, 3.63) is 29.8 Å². The fourth-order valence-electron chi connectivity index (χ4n) is 2.46. The molecule has 1 aliphatic rings. The molecule has 1 atom stereocenters. The van der Waals surface area contributed by atoms with Gasteiger partial charge < -0.3 is 20.6 Å². The molecular formula is C15H19N3O4. The molecular weight excluding hydrogens is 286 g/mol. The van der Waals surface area contributed by atoms with Crippen molar-refractivity contribution in [3.63, 3.8) is 0 Å². The lowest BCUT2D eigenvalue weighted by molar-refractivity contribution is -0.140. The summed E-state index contributed by atoms with van der Waals surface area (Å²) >= 11 is 0. The van der Waals surface area contributed by atoms with Gasteiger partial charge in [0, 0.05) is 23.8 Å². The van der Waals surface area contributed by atoms with Crippen molar-refractivity contribution >= 4 is 23.4 Å². The normalized spacial score (nSPS) is 16.6. The van der Waals surface area contributed by atoms with E-state index in [0.29, 0.717) is 5.56 Å². The van der Waals surface area contributed by atoms with Crippen LogP contribution in [0.5, 0.6) is 0 Å². The summed E-state index contributed by atoms with van der Waals surface area (Å²) in [6.07, 6.45) is 0. The van der Waals surface area contributed by atoms with E-state index in [0.717, 1.165) is 5.69 Å². The molecule has 0 saturated carbocycles. The minimum Gasteiger partial charge on any atom is -0.395 e. The number of nitrogens with zero attached hydrogens (tertiary/aromatic N) is 1. The summed E-state index contributed by atoms with van der Waals surface area (Å²) in [5.74, 6) is -2.03. The number of nitrogens with one attached hydrogen (secondary N) is 2. The van der Waals surface area contributed by atoms with E-state index in [9.17, 15) is 14.4 Å². The number of aliphatic hydroxyl groups excluding tert-OH is 1. The van der Waals surface area contributed by atoms with Crippen LogP contribution in [0.2, 0.25) is 0 Å². The SMILES string of the molecule is CC(C)N1C(=O)C(NC(=O)C(=O)NCCO)c2ccccc21. The van der Waals surface area contributed by atoms with E-state index in [4.69, 9.17) is 5.11 Å². The van der Waals surface area contributed by atoms with Gasteiger partial charge in [-0.3, -0.25) is 14.4 Å². The second-order valence-corrected chi connectivity index (χ2v) is 5.25. The molecule has 0 spiro atoms. The molecule has 0 aromatic heterocycles. The number of benzene rings is 1. The molecule has 0 bridgehead atoms. The largest absolute Gasteiger partial charge is 0.395 e. The van der Waals surface area contributed by atoms with E-state index >= 15 is 0 Å². The van der Waals surface area contributed by atoms with Crippen LogP contribution >= 0.6 is 0 Å². The molecule has 22 heavy (non-hydrogen) atoms. The van der Waals surface area contributed by atoms with Crippen molar-refractivity contribution < 1.29 is 19.5 Å². The predicted octanol–water partition coefficient (Wildman–Crippen LogP) is -0.293. The van der Waals surface area contributed by atoms with Gasteiger partial charge in [-0.15, -0.1) is 0 Å². The fraction of sp³-hybridized carbons (Fsp3) is 0.400. The first-order chi connectivity index (χ1) is 10.5. The van der Waals surface area contributed by atoms with Crippen LogP contribution in [0.25, 0.3) is 0 Å². The third kappa shape index (κ3) is 2.94. The van der Waals surface area contributed by atoms with E-state index in [1.807, 2.05) is 26.0 Å². The first-order valence-electron chi connectivity index (χ1n) is 7.09. The molecule has 1 aromatic rings. The first kappa shape index (κ1) is 16.0. The third-order valence-corrected chi connectivity index (χ3v) is 3.39. The van der Waals surface area contributed by atoms with Gasteiger partial charge in [0.05, 0.1) is 6.61 Å². The Morgan fingerprint density at radius 2 is 1.95 bits per heavy atom. The second-order valence-electron chi connectivity index (χ2n) is 5.25. The smallest absolute Gasteiger partial charge is 0.310 e. The quantitative estimate of drug-likeness (QED) is 0.666. The highest BCUT2D eigenvalue weighted by molar-refractivity contribution is 6.35. The van der Waals surface area contributed by atoms with Gasteiger partial charge >= 0.3 is 11.8 Å². The standard InChI is InChI=1S/C15H19N3O4/c1-9(2)18-11-6-4-3-5-10(11)12(15(18)22)17-14(21)13(20)16-7-8-19/h3-6,9,12,19H,7-8H2,1-2H3,(H,16,20)(H,17,21). The molecule has 0 fully saturated rings. The number of aliphatic hydroxyl groups is 1. The monoisotopic (exact) mass is 305 g/mol. The van der Waals surface area contributed by atoms with E-state index < -0.39 is 17.9 Å². The van der Waals surface area contributed by atoms with Gasteiger partial charge in [0.1, 0.15) is 6.04 Å². The van der Waals surface area contributed by atoms with Crippen LogP contribution in [-0.4, -0.2) is 42.0 Å². The summed E-state index contributed by atoms with van der Waals surface area (Å²) in [5, 5.41) is 13.3. The number of hydrogen-bond acceptors (Lipinski definition) is 4. The van der Waals surface area contributed by atoms with E-state index in [1.165, 1.54) is 0 Å². The Kier molecular flexibility index (Phi) is 4.77. The highest BCUT2D eigenvalue weighted by atomic mass is 16.3. The molecule has 3 amide bonds. The number of amides is 3. The van der Waals surface area contributed by atoms with Crippen LogP contribution in [0.3, 0.4) is 0 Å². The zero-order valence-electron chi connectivity index (χ0n) is 12.5. The Labute approximate surface area is 128 Å². The Bertz CT molecular complexity index is 600. The van der Waals surface area contributed by atoms with Crippen LogP contribution in [-0.2, 0) is 14.4 Å². The highest BCUT2D eigenvalue weighted by Crippen LogP contribution is 2.36. The molecule has 1 aromatic carbocycles. The molecule has 0 aliphatic carbocycles. The molecule has 7 nitrogen and oxygen atoms in total. The van der Waals surface area contributed by atoms with Gasteiger partial charge in [-0.05, 0) is 19.9 Å². The Balaban J connectivity index is 2.20. The van der Waals surface area contributed by atoms with Gasteiger partial charge in [0.2, 0.25) is 0 Å². The van der Waals surface area contributed by atoms with E-state index in [2.05, 4.69) is 10.6 Å². The Morgan fingerprint density at radius 3 is 2.59 bits per heavy atom. The lowest BCUT2D eigenvalue weighted by Gasteiger charge is -2.22. The topological polar surface area (TPSA) is 98.7 Å². The number of hydrogen-bond donors (Lipinski definition) is 3. The minimum absolute atomic E-state index is 0.0143. The van der Waals surface area contributed by atoms with Crippen molar-refractivity contribution in [2.24, 2.45) is 0 Å². The van der Waals surface area contributed by atoms with E-state index in [1.54, 1.807) is 17.0 Å². The summed E-state index contributed by atoms with van der Waals surface area (Å²) in [6, 6.07) is 6.24. The summed E-state index contributed by atoms with van der Waals surface area (Å²) in [5.41, 5.74) is 1.41. The average molecular weight is 305 g/mol. The number of carbonyl (C=O) groups is 3. The van der Waals surface area contributed by atoms with Gasteiger partial charge in [0.15, 0.2) is 0 Å². The lowest BCUT2D eigenvalue weighted by Crippen LogP contribution is -2.46. The molecule has 1 aliphatic heterocycles. The summed E-state index contributed by atoms with van der Waals surface area (Å²) in [6.45, 7) is 3.49. The molecule has 2 rings (SSSR count). The van der Waals surface area contributed by atoms with Crippen molar-refractivity contribution in [1.29, 1.82) is 0 Å². The van der Waals surface area contributed by atoms with Gasteiger partial charge in [-0.1, -0.05) is 18.2 Å². The van der Waals surface area contributed by atoms with Crippen molar-refractivity contribution in [1.82, 2.24) is 10.6 Å². The zero-order chi connectivity index (χ0) is 16.3. The van der Waals surface area contributed by atoms with Gasteiger partial charge in [-0.25, -0.2) is 0 Å².